The second-order valence-electron chi connectivity index (χ2n) is 5.96. The first-order chi connectivity index (χ1) is 12.3. The van der Waals surface area contributed by atoms with E-state index in [0.717, 1.165) is 16.8 Å². The number of hydrogen-bond acceptors (Lipinski definition) is 6. The number of thioether (sulfide) groups is 1. The maximum atomic E-state index is 12.3. The molecule has 138 valence electrons. The van der Waals surface area contributed by atoms with Crippen molar-refractivity contribution in [2.45, 2.75) is 45.7 Å². The van der Waals surface area contributed by atoms with Crippen molar-refractivity contribution in [3.05, 3.63) is 33.7 Å². The Morgan fingerprint density at radius 2 is 2.04 bits per heavy atom. The molecule has 0 saturated carbocycles. The van der Waals surface area contributed by atoms with Gasteiger partial charge in [0.05, 0.1) is 23.8 Å². The fourth-order valence-corrected chi connectivity index (χ4v) is 3.73. The van der Waals surface area contributed by atoms with Gasteiger partial charge in [-0.2, -0.15) is 5.26 Å². The summed E-state index contributed by atoms with van der Waals surface area (Å²) in [5.41, 5.74) is 4.12. The molecule has 0 saturated heterocycles. The van der Waals surface area contributed by atoms with E-state index < -0.39 is 12.0 Å². The van der Waals surface area contributed by atoms with Gasteiger partial charge in [0, 0.05) is 17.1 Å². The van der Waals surface area contributed by atoms with Crippen LogP contribution in [0.2, 0.25) is 0 Å². The lowest BCUT2D eigenvalue weighted by Crippen LogP contribution is -2.49. The van der Waals surface area contributed by atoms with Gasteiger partial charge in [-0.05, 0) is 45.7 Å². The quantitative estimate of drug-likeness (QED) is 0.606. The highest BCUT2D eigenvalue weighted by Gasteiger charge is 2.30. The highest BCUT2D eigenvalue weighted by Crippen LogP contribution is 2.29. The summed E-state index contributed by atoms with van der Waals surface area (Å²) in [6, 6.07) is 1.38. The number of esters is 1. The van der Waals surface area contributed by atoms with Gasteiger partial charge < -0.3 is 15.4 Å². The topological polar surface area (TPSA) is 104 Å². The molecule has 1 unspecified atom stereocenters. The summed E-state index contributed by atoms with van der Waals surface area (Å²) in [5, 5.41) is 15.4. The Morgan fingerprint density at radius 1 is 1.35 bits per heavy atom. The second-order valence-corrected chi connectivity index (χ2v) is 6.92. The number of aryl methyl sites for hydroxylation is 1. The lowest BCUT2D eigenvalue weighted by Gasteiger charge is -2.26. The Labute approximate surface area is 157 Å². The molecule has 7 nitrogen and oxygen atoms in total. The summed E-state index contributed by atoms with van der Waals surface area (Å²) < 4.78 is 5.10. The number of ether oxygens (including phenoxy) is 1. The third-order valence-corrected chi connectivity index (χ3v) is 5.30. The van der Waals surface area contributed by atoms with Crippen molar-refractivity contribution in [3.63, 3.8) is 0 Å². The number of carbonyl (C=O) groups is 2. The first-order valence-corrected chi connectivity index (χ1v) is 9.27. The van der Waals surface area contributed by atoms with Gasteiger partial charge in [0.1, 0.15) is 11.1 Å². The zero-order chi connectivity index (χ0) is 19.4. The van der Waals surface area contributed by atoms with Crippen molar-refractivity contribution in [2.75, 3.05) is 12.4 Å². The molecule has 0 radical (unpaired) electrons. The van der Waals surface area contributed by atoms with Gasteiger partial charge in [-0.3, -0.25) is 0 Å². The Bertz CT molecular complexity index is 827. The Kier molecular flexibility index (Phi) is 6.27. The van der Waals surface area contributed by atoms with Crippen molar-refractivity contribution in [2.24, 2.45) is 0 Å². The van der Waals surface area contributed by atoms with Gasteiger partial charge in [-0.25, -0.2) is 14.6 Å². The average Bonchev–Trinajstić information content (AvgIpc) is 2.57. The molecule has 0 bridgehead atoms. The maximum Gasteiger partial charge on any atom is 0.337 e. The summed E-state index contributed by atoms with van der Waals surface area (Å²) in [7, 11) is 0. The van der Waals surface area contributed by atoms with E-state index in [9.17, 15) is 14.9 Å². The number of nitrogens with one attached hydrogen (secondary N) is 2. The van der Waals surface area contributed by atoms with E-state index in [1.54, 1.807) is 13.8 Å². The van der Waals surface area contributed by atoms with Crippen molar-refractivity contribution >= 4 is 23.8 Å². The molecule has 0 aliphatic carbocycles. The molecule has 1 aliphatic rings. The van der Waals surface area contributed by atoms with Crippen molar-refractivity contribution in [1.29, 1.82) is 5.26 Å². The summed E-state index contributed by atoms with van der Waals surface area (Å²) in [6.07, 6.45) is 0. The molecule has 1 aromatic rings. The lowest BCUT2D eigenvalue weighted by molar-refractivity contribution is -0.138. The number of carbonyl (C=O) groups excluding carboxylic acids is 2. The summed E-state index contributed by atoms with van der Waals surface area (Å²) in [6.45, 7) is 9.43. The summed E-state index contributed by atoms with van der Waals surface area (Å²) in [5.74, 6) is -0.164. The molecule has 8 heteroatoms. The van der Waals surface area contributed by atoms with Crippen LogP contribution < -0.4 is 10.6 Å². The van der Waals surface area contributed by atoms with Crippen LogP contribution in [0.15, 0.2) is 16.3 Å². The fraction of sp³-hybridized carbons (Fsp3) is 0.444. The third kappa shape index (κ3) is 3.99. The number of nitriles is 1. The van der Waals surface area contributed by atoms with Gasteiger partial charge >= 0.3 is 12.0 Å². The Balaban J connectivity index is 2.37. The number of hydrogen-bond donors (Lipinski definition) is 2. The standard InChI is InChI=1S/C18H22N4O3S/c1-6-25-17(23)15-12(5)21-18(24)22-14(15)8-26-16-13(7-19)10(3)9(2)11(4)20-16/h12H,6,8H2,1-5H3,(H2,21,22,24). The number of pyridine rings is 1. The van der Waals surface area contributed by atoms with E-state index in [4.69, 9.17) is 4.74 Å². The highest BCUT2D eigenvalue weighted by molar-refractivity contribution is 7.99. The smallest absolute Gasteiger partial charge is 0.337 e. The minimum atomic E-state index is -0.465. The molecule has 1 aliphatic heterocycles. The van der Waals surface area contributed by atoms with Gasteiger partial charge in [0.25, 0.3) is 0 Å². The maximum absolute atomic E-state index is 12.3. The molecule has 1 atom stereocenters. The zero-order valence-corrected chi connectivity index (χ0v) is 16.3. The van der Waals surface area contributed by atoms with Crippen LogP contribution in [0.25, 0.3) is 0 Å². The van der Waals surface area contributed by atoms with E-state index in [-0.39, 0.29) is 12.6 Å². The average molecular weight is 374 g/mol. The molecular formula is C18H22N4O3S. The zero-order valence-electron chi connectivity index (χ0n) is 15.5. The SMILES string of the molecule is CCOC(=O)C1=C(CSc2nc(C)c(C)c(C)c2C#N)NC(=O)NC1C. The molecule has 2 N–H and O–H groups in total. The minimum Gasteiger partial charge on any atom is -0.463 e. The normalized spacial score (nSPS) is 16.6. The molecule has 2 heterocycles. The van der Waals surface area contributed by atoms with Crippen LogP contribution in [-0.4, -0.2) is 35.4 Å². The molecule has 2 amide bonds. The van der Waals surface area contributed by atoms with E-state index in [1.807, 2.05) is 20.8 Å². The number of nitrogens with zero attached hydrogens (tertiary/aromatic N) is 2. The van der Waals surface area contributed by atoms with E-state index >= 15 is 0 Å². The van der Waals surface area contributed by atoms with Crippen LogP contribution in [0, 0.1) is 32.1 Å². The number of urea groups is 1. The third-order valence-electron chi connectivity index (χ3n) is 4.29. The first-order valence-electron chi connectivity index (χ1n) is 8.28. The number of amides is 2. The minimum absolute atomic E-state index is 0.250. The van der Waals surface area contributed by atoms with Gasteiger partial charge in [0.2, 0.25) is 0 Å². The van der Waals surface area contributed by atoms with Crippen LogP contribution in [-0.2, 0) is 9.53 Å². The molecule has 0 spiro atoms. The highest BCUT2D eigenvalue weighted by atomic mass is 32.2. The van der Waals surface area contributed by atoms with Crippen LogP contribution in [0.4, 0.5) is 4.79 Å². The van der Waals surface area contributed by atoms with E-state index in [1.165, 1.54) is 11.8 Å². The molecule has 0 aromatic carbocycles. The van der Waals surface area contributed by atoms with Crippen LogP contribution in [0.1, 0.15) is 36.2 Å². The Morgan fingerprint density at radius 3 is 2.65 bits per heavy atom. The molecule has 2 rings (SSSR count). The molecular weight excluding hydrogens is 352 g/mol. The monoisotopic (exact) mass is 374 g/mol. The van der Waals surface area contributed by atoms with Gasteiger partial charge in [-0.15, -0.1) is 0 Å². The summed E-state index contributed by atoms with van der Waals surface area (Å²) >= 11 is 1.32. The fourth-order valence-electron chi connectivity index (χ4n) is 2.68. The lowest BCUT2D eigenvalue weighted by atomic mass is 10.1. The first kappa shape index (κ1) is 19.8. The van der Waals surface area contributed by atoms with E-state index in [2.05, 4.69) is 21.7 Å². The predicted octanol–water partition coefficient (Wildman–Crippen LogP) is 2.49. The van der Waals surface area contributed by atoms with Crippen LogP contribution >= 0.6 is 11.8 Å². The molecule has 1 aromatic heterocycles. The predicted molar refractivity (Wildman–Crippen MR) is 98.7 cm³/mol. The second kappa shape index (κ2) is 8.23. The van der Waals surface area contributed by atoms with Crippen LogP contribution in [0.5, 0.6) is 0 Å². The largest absolute Gasteiger partial charge is 0.463 e. The van der Waals surface area contributed by atoms with Gasteiger partial charge in [-0.1, -0.05) is 11.8 Å². The van der Waals surface area contributed by atoms with Crippen molar-refractivity contribution in [1.82, 2.24) is 15.6 Å². The van der Waals surface area contributed by atoms with Gasteiger partial charge in [0.15, 0.2) is 0 Å². The summed E-state index contributed by atoms with van der Waals surface area (Å²) in [4.78, 5) is 28.6. The number of rotatable bonds is 5. The number of aromatic nitrogens is 1. The van der Waals surface area contributed by atoms with Crippen LogP contribution in [0.3, 0.4) is 0 Å². The van der Waals surface area contributed by atoms with E-state index in [0.29, 0.717) is 27.6 Å². The van der Waals surface area contributed by atoms with Crippen molar-refractivity contribution < 1.29 is 14.3 Å². The van der Waals surface area contributed by atoms with Crippen molar-refractivity contribution in [3.8, 4) is 6.07 Å². The molecule has 0 fully saturated rings. The Hall–Kier alpha value is -2.53. The molecule has 26 heavy (non-hydrogen) atoms.